The summed E-state index contributed by atoms with van der Waals surface area (Å²) in [4.78, 5) is 30.5. The summed E-state index contributed by atoms with van der Waals surface area (Å²) in [5.74, 6) is 1.37. The van der Waals surface area contributed by atoms with E-state index in [9.17, 15) is 4.79 Å². The fourth-order valence-corrected chi connectivity index (χ4v) is 4.25. The zero-order valence-electron chi connectivity index (χ0n) is 21.6. The van der Waals surface area contributed by atoms with Crippen molar-refractivity contribution in [1.29, 1.82) is 0 Å². The van der Waals surface area contributed by atoms with Crippen LogP contribution in [-0.4, -0.2) is 63.8 Å². The van der Waals surface area contributed by atoms with Gasteiger partial charge in [-0.15, -0.1) is 0 Å². The minimum Gasteiger partial charge on any atom is -0.424 e. The number of pyridine rings is 2. The highest BCUT2D eigenvalue weighted by atomic mass is 16.5. The number of aromatic nitrogens is 5. The van der Waals surface area contributed by atoms with Crippen LogP contribution >= 0.6 is 0 Å². The molecule has 10 nitrogen and oxygen atoms in total. The van der Waals surface area contributed by atoms with E-state index >= 15 is 0 Å². The number of nitrogens with zero attached hydrogens (tertiary/aromatic N) is 7. The van der Waals surface area contributed by atoms with Gasteiger partial charge >= 0.3 is 0 Å². The van der Waals surface area contributed by atoms with Gasteiger partial charge in [0.05, 0.1) is 25.1 Å². The lowest BCUT2D eigenvalue weighted by Crippen LogP contribution is -2.36. The summed E-state index contributed by atoms with van der Waals surface area (Å²) in [5, 5.41) is 4.57. The molecular weight excluding hydrogens is 458 g/mol. The molecule has 4 aromatic heterocycles. The van der Waals surface area contributed by atoms with Crippen LogP contribution in [0.2, 0.25) is 0 Å². The molecule has 0 aromatic carbocycles. The van der Waals surface area contributed by atoms with E-state index in [1.54, 1.807) is 19.4 Å². The molecule has 4 aromatic rings. The summed E-state index contributed by atoms with van der Waals surface area (Å²) < 4.78 is 13.2. The second kappa shape index (κ2) is 9.02. The molecule has 1 aliphatic heterocycles. The number of rotatable bonds is 4. The maximum Gasteiger partial charge on any atom is 0.278 e. The monoisotopic (exact) mass is 489 g/mol. The first-order chi connectivity index (χ1) is 17.1. The second-order valence-corrected chi connectivity index (χ2v) is 10.1. The first-order valence-corrected chi connectivity index (χ1v) is 12.0. The third kappa shape index (κ3) is 4.44. The summed E-state index contributed by atoms with van der Waals surface area (Å²) in [7, 11) is 1.66. The van der Waals surface area contributed by atoms with Gasteiger partial charge in [-0.05, 0) is 37.1 Å². The van der Waals surface area contributed by atoms with E-state index in [1.807, 2.05) is 51.4 Å². The van der Waals surface area contributed by atoms with Crippen molar-refractivity contribution in [3.05, 3.63) is 53.7 Å². The molecule has 0 saturated carbocycles. The highest BCUT2D eigenvalue weighted by molar-refractivity contribution is 6.04. The van der Waals surface area contributed by atoms with Gasteiger partial charge in [0.1, 0.15) is 11.5 Å². The van der Waals surface area contributed by atoms with E-state index in [0.717, 1.165) is 41.1 Å². The molecule has 0 bridgehead atoms. The SMILES string of the molecule is Cc1nc2c(N3CCOCC3)cc(-c3cc(C(=O)N(C)c4cnc(C(C)(C)C)o4)ncc3C)cn2n1. The third-order valence-corrected chi connectivity index (χ3v) is 6.28. The fourth-order valence-electron chi connectivity index (χ4n) is 4.25. The number of aryl methyl sites for hydroxylation is 2. The molecule has 188 valence electrons. The number of fused-ring (bicyclic) bond motifs is 1. The molecule has 1 saturated heterocycles. The molecule has 0 atom stereocenters. The van der Waals surface area contributed by atoms with Crippen molar-refractivity contribution in [2.75, 3.05) is 43.2 Å². The molecule has 0 unspecified atom stereocenters. The highest BCUT2D eigenvalue weighted by Gasteiger charge is 2.25. The molecule has 0 aliphatic carbocycles. The van der Waals surface area contributed by atoms with Gasteiger partial charge in [-0.3, -0.25) is 14.7 Å². The van der Waals surface area contributed by atoms with Crippen molar-refractivity contribution in [2.45, 2.75) is 40.0 Å². The molecule has 0 N–H and O–H groups in total. The summed E-state index contributed by atoms with van der Waals surface area (Å²) in [6, 6.07) is 3.93. The number of morpholine rings is 1. The number of hydrogen-bond donors (Lipinski definition) is 0. The van der Waals surface area contributed by atoms with Crippen molar-refractivity contribution in [3.63, 3.8) is 0 Å². The van der Waals surface area contributed by atoms with Crippen molar-refractivity contribution >= 4 is 23.1 Å². The Kier molecular flexibility index (Phi) is 5.99. The smallest absolute Gasteiger partial charge is 0.278 e. The largest absolute Gasteiger partial charge is 0.424 e. The third-order valence-electron chi connectivity index (χ3n) is 6.28. The number of amides is 1. The summed E-state index contributed by atoms with van der Waals surface area (Å²) in [5.41, 5.74) is 4.64. The van der Waals surface area contributed by atoms with Crippen molar-refractivity contribution in [3.8, 4) is 11.1 Å². The predicted molar refractivity (Wildman–Crippen MR) is 137 cm³/mol. The Morgan fingerprint density at radius 3 is 2.53 bits per heavy atom. The van der Waals surface area contributed by atoms with Gasteiger partial charge in [0.2, 0.25) is 11.8 Å². The molecule has 1 fully saturated rings. The van der Waals surface area contributed by atoms with Crippen LogP contribution in [0, 0.1) is 13.8 Å². The van der Waals surface area contributed by atoms with E-state index in [1.165, 1.54) is 4.90 Å². The van der Waals surface area contributed by atoms with Crippen molar-refractivity contribution < 1.29 is 13.9 Å². The number of carbonyl (C=O) groups is 1. The lowest BCUT2D eigenvalue weighted by Gasteiger charge is -2.29. The van der Waals surface area contributed by atoms with E-state index in [2.05, 4.69) is 31.0 Å². The van der Waals surface area contributed by atoms with Crippen molar-refractivity contribution in [2.24, 2.45) is 0 Å². The van der Waals surface area contributed by atoms with Gasteiger partial charge < -0.3 is 14.1 Å². The van der Waals surface area contributed by atoms with Gasteiger partial charge in [-0.2, -0.15) is 5.10 Å². The molecule has 36 heavy (non-hydrogen) atoms. The molecular formula is C26H31N7O3. The Balaban J connectivity index is 1.53. The van der Waals surface area contributed by atoms with Crippen LogP contribution in [0.5, 0.6) is 0 Å². The van der Waals surface area contributed by atoms with Crippen LogP contribution in [0.15, 0.2) is 35.1 Å². The zero-order valence-corrected chi connectivity index (χ0v) is 21.6. The predicted octanol–water partition coefficient (Wildman–Crippen LogP) is 3.81. The van der Waals surface area contributed by atoms with Crippen LogP contribution in [-0.2, 0) is 10.2 Å². The topological polar surface area (TPSA) is 102 Å². The van der Waals surface area contributed by atoms with Gasteiger partial charge in [-0.1, -0.05) is 20.8 Å². The highest BCUT2D eigenvalue weighted by Crippen LogP contribution is 2.31. The zero-order chi connectivity index (χ0) is 25.6. The van der Waals surface area contributed by atoms with Crippen LogP contribution in [0.3, 0.4) is 0 Å². The normalized spacial score (nSPS) is 14.4. The quantitative estimate of drug-likeness (QED) is 0.427. The average Bonchev–Trinajstić information content (AvgIpc) is 3.50. The summed E-state index contributed by atoms with van der Waals surface area (Å²) in [6.45, 7) is 12.8. The lowest BCUT2D eigenvalue weighted by atomic mass is 9.97. The Bertz CT molecular complexity index is 1430. The van der Waals surface area contributed by atoms with E-state index in [-0.39, 0.29) is 11.3 Å². The molecule has 0 spiro atoms. The minimum absolute atomic E-state index is 0.256. The van der Waals surface area contributed by atoms with Crippen LogP contribution < -0.4 is 9.80 Å². The number of ether oxygens (including phenoxy) is 1. The molecule has 1 aliphatic rings. The summed E-state index contributed by atoms with van der Waals surface area (Å²) >= 11 is 0. The number of anilines is 2. The summed E-state index contributed by atoms with van der Waals surface area (Å²) in [6.07, 6.45) is 5.25. The van der Waals surface area contributed by atoms with Gasteiger partial charge in [0.15, 0.2) is 5.65 Å². The molecule has 5 rings (SSSR count). The Morgan fingerprint density at radius 1 is 1.08 bits per heavy atom. The molecule has 0 radical (unpaired) electrons. The van der Waals surface area contributed by atoms with Crippen LogP contribution in [0.4, 0.5) is 11.6 Å². The van der Waals surface area contributed by atoms with Gasteiger partial charge in [0, 0.05) is 43.5 Å². The number of carbonyl (C=O) groups excluding carboxylic acids is 1. The first kappa shape index (κ1) is 23.9. The van der Waals surface area contributed by atoms with Gasteiger partial charge in [0.25, 0.3) is 5.91 Å². The molecule has 5 heterocycles. The minimum atomic E-state index is -0.279. The standard InChI is InChI=1S/C26H31N7O3/c1-16-13-27-20(24(34)31(6)22-14-28-25(36-22)26(3,4)5)12-19(16)18-11-21(32-7-9-35-10-8-32)23-29-17(2)30-33(23)15-18/h11-15H,7-10H2,1-6H3. The average molecular weight is 490 g/mol. The maximum absolute atomic E-state index is 13.4. The molecule has 1 amide bonds. The van der Waals surface area contributed by atoms with Crippen LogP contribution in [0.1, 0.15) is 48.5 Å². The second-order valence-electron chi connectivity index (χ2n) is 10.1. The Hall–Kier alpha value is -3.79. The van der Waals surface area contributed by atoms with Gasteiger partial charge in [-0.25, -0.2) is 14.5 Å². The number of hydrogen-bond acceptors (Lipinski definition) is 8. The van der Waals surface area contributed by atoms with E-state index in [4.69, 9.17) is 9.15 Å². The Morgan fingerprint density at radius 2 is 1.83 bits per heavy atom. The maximum atomic E-state index is 13.4. The first-order valence-electron chi connectivity index (χ1n) is 12.0. The van der Waals surface area contributed by atoms with Crippen molar-refractivity contribution in [1.82, 2.24) is 24.6 Å². The van der Waals surface area contributed by atoms with Crippen LogP contribution in [0.25, 0.3) is 16.8 Å². The van der Waals surface area contributed by atoms with E-state index < -0.39 is 0 Å². The fraction of sp³-hybridized carbons (Fsp3) is 0.423. The number of oxazole rings is 1. The molecule has 10 heteroatoms. The van der Waals surface area contributed by atoms with E-state index in [0.29, 0.717) is 36.5 Å². The lowest BCUT2D eigenvalue weighted by molar-refractivity contribution is 0.0983. The Labute approximate surface area is 209 Å².